The van der Waals surface area contributed by atoms with E-state index in [9.17, 15) is 0 Å². The number of nitrogens with zero attached hydrogens (tertiary/aromatic N) is 2. The van der Waals surface area contributed by atoms with Crippen molar-refractivity contribution in [2.45, 2.75) is 32.1 Å². The number of pyridine rings is 1. The van der Waals surface area contributed by atoms with Crippen LogP contribution in [0.15, 0.2) is 97.3 Å². The van der Waals surface area contributed by atoms with Gasteiger partial charge in [0.25, 0.3) is 0 Å². The molecule has 4 aromatic carbocycles. The van der Waals surface area contributed by atoms with E-state index >= 15 is 0 Å². The molecule has 0 amide bonds. The van der Waals surface area contributed by atoms with E-state index in [1.807, 2.05) is 30.6 Å². The predicted octanol–water partition coefficient (Wildman–Crippen LogP) is 7.73. The Balaban J connectivity index is 0.000000182. The molecule has 7 rings (SSSR count). The van der Waals surface area contributed by atoms with Crippen molar-refractivity contribution in [3.63, 3.8) is 0 Å². The Bertz CT molecular complexity index is 1550. The van der Waals surface area contributed by atoms with E-state index in [0.717, 1.165) is 5.69 Å². The number of benzene rings is 4. The minimum Gasteiger partial charge on any atom is -0.282 e. The van der Waals surface area contributed by atoms with E-state index in [1.54, 1.807) is 0 Å². The highest BCUT2D eigenvalue weighted by molar-refractivity contribution is 6.08. The highest BCUT2D eigenvalue weighted by Gasteiger charge is 2.24. The van der Waals surface area contributed by atoms with Gasteiger partial charge < -0.3 is 0 Å². The van der Waals surface area contributed by atoms with Gasteiger partial charge >= 0.3 is 0 Å². The van der Waals surface area contributed by atoms with Crippen molar-refractivity contribution < 1.29 is 0 Å². The monoisotopic (exact) mass is 441 g/mol. The fourth-order valence-corrected chi connectivity index (χ4v) is 5.38. The third-order valence-corrected chi connectivity index (χ3v) is 7.02. The molecule has 0 radical (unpaired) electrons. The summed E-state index contributed by atoms with van der Waals surface area (Å²) in [5, 5.41) is 15.5. The van der Waals surface area contributed by atoms with Crippen LogP contribution < -0.4 is 0 Å². The van der Waals surface area contributed by atoms with Gasteiger partial charge in [-0.05, 0) is 81.8 Å². The lowest BCUT2D eigenvalue weighted by Gasteiger charge is -2.26. The molecule has 1 unspecified atom stereocenters. The molecule has 6 aromatic rings. The Morgan fingerprint density at radius 3 is 2.38 bits per heavy atom. The molecule has 0 spiro atoms. The van der Waals surface area contributed by atoms with Crippen molar-refractivity contribution in [3.8, 4) is 0 Å². The summed E-state index contributed by atoms with van der Waals surface area (Å²) in [6.07, 6.45) is 7.29. The van der Waals surface area contributed by atoms with Gasteiger partial charge in [-0.1, -0.05) is 72.8 Å². The Morgan fingerprint density at radius 2 is 1.56 bits per heavy atom. The fourth-order valence-electron chi connectivity index (χ4n) is 5.38. The predicted molar refractivity (Wildman–Crippen MR) is 141 cm³/mol. The first-order valence-corrected chi connectivity index (χ1v) is 12.0. The number of aryl methyl sites for hydroxylation is 2. The third-order valence-electron chi connectivity index (χ3n) is 7.02. The first kappa shape index (κ1) is 20.6. The van der Waals surface area contributed by atoms with Crippen LogP contribution in [0.25, 0.3) is 32.3 Å². The standard InChI is InChI=1S/C22H20N2.C9H7N/c1-14-13-22(24-23-14)21-8-4-7-17-19-10-9-15-5-2-3-6-16(15)18(19)11-12-20(17)21;1-2-4-9-7-10-6-5-8(9)3-1/h2-3,5-6,9-13,21H,4,7-8H2,1H3,(H,23,24);1-7H. The number of H-pyrrole nitrogens is 1. The fraction of sp³-hybridized carbons (Fsp3) is 0.161. The van der Waals surface area contributed by atoms with Gasteiger partial charge in [-0.25, -0.2) is 0 Å². The molecule has 0 saturated heterocycles. The molecule has 3 heteroatoms. The van der Waals surface area contributed by atoms with Crippen molar-refractivity contribution in [3.05, 3.63) is 120 Å². The van der Waals surface area contributed by atoms with Gasteiger partial charge in [0, 0.05) is 24.0 Å². The van der Waals surface area contributed by atoms with Gasteiger partial charge in [-0.2, -0.15) is 5.10 Å². The third kappa shape index (κ3) is 3.73. The highest BCUT2D eigenvalue weighted by Crippen LogP contribution is 2.40. The molecule has 1 aliphatic rings. The lowest BCUT2D eigenvalue weighted by atomic mass is 9.78. The van der Waals surface area contributed by atoms with Gasteiger partial charge in [0.2, 0.25) is 0 Å². The van der Waals surface area contributed by atoms with Crippen LogP contribution in [0.1, 0.15) is 41.3 Å². The molecule has 0 bridgehead atoms. The zero-order chi connectivity index (χ0) is 22.9. The average Bonchev–Trinajstić information content (AvgIpc) is 3.34. The SMILES string of the molecule is Cc1cc(C2CCCc3c2ccc2c3ccc3ccccc32)[nH]n1.c1ccc2cnccc2c1. The van der Waals surface area contributed by atoms with Gasteiger partial charge in [-0.15, -0.1) is 0 Å². The van der Waals surface area contributed by atoms with Crippen LogP contribution in [0.2, 0.25) is 0 Å². The molecule has 1 N–H and O–H groups in total. The molecule has 2 heterocycles. The minimum atomic E-state index is 0.450. The van der Waals surface area contributed by atoms with E-state index < -0.39 is 0 Å². The molecule has 34 heavy (non-hydrogen) atoms. The second kappa shape index (κ2) is 8.75. The quantitative estimate of drug-likeness (QED) is 0.265. The molecular weight excluding hydrogens is 414 g/mol. The summed E-state index contributed by atoms with van der Waals surface area (Å²) in [4.78, 5) is 4.01. The highest BCUT2D eigenvalue weighted by atomic mass is 15.1. The maximum absolute atomic E-state index is 4.34. The number of nitrogens with one attached hydrogen (secondary N) is 1. The van der Waals surface area contributed by atoms with Crippen molar-refractivity contribution in [2.24, 2.45) is 0 Å². The molecule has 3 nitrogen and oxygen atoms in total. The van der Waals surface area contributed by atoms with Gasteiger partial charge in [0.15, 0.2) is 0 Å². The number of aromatic amines is 1. The first-order chi connectivity index (χ1) is 16.8. The van der Waals surface area contributed by atoms with Crippen LogP contribution in [-0.4, -0.2) is 15.2 Å². The number of aromatic nitrogens is 3. The van der Waals surface area contributed by atoms with Crippen molar-refractivity contribution in [1.29, 1.82) is 0 Å². The summed E-state index contributed by atoms with van der Waals surface area (Å²) in [7, 11) is 0. The number of rotatable bonds is 1. The maximum Gasteiger partial charge on any atom is 0.0594 e. The van der Waals surface area contributed by atoms with Gasteiger partial charge in [0.1, 0.15) is 0 Å². The topological polar surface area (TPSA) is 41.6 Å². The van der Waals surface area contributed by atoms with Gasteiger partial charge in [0.05, 0.1) is 5.69 Å². The van der Waals surface area contributed by atoms with E-state index in [4.69, 9.17) is 0 Å². The molecule has 0 fully saturated rings. The molecule has 1 atom stereocenters. The van der Waals surface area contributed by atoms with E-state index in [0.29, 0.717) is 5.92 Å². The van der Waals surface area contributed by atoms with Crippen LogP contribution in [-0.2, 0) is 6.42 Å². The maximum atomic E-state index is 4.34. The summed E-state index contributed by atoms with van der Waals surface area (Å²) in [5.74, 6) is 0.450. The zero-order valence-electron chi connectivity index (χ0n) is 19.3. The Labute approximate surface area is 199 Å². The summed E-state index contributed by atoms with van der Waals surface area (Å²) in [6.45, 7) is 2.05. The smallest absolute Gasteiger partial charge is 0.0594 e. The van der Waals surface area contributed by atoms with E-state index in [1.165, 1.54) is 68.4 Å². The van der Waals surface area contributed by atoms with Crippen molar-refractivity contribution in [1.82, 2.24) is 15.2 Å². The van der Waals surface area contributed by atoms with E-state index in [2.05, 4.69) is 88.8 Å². The summed E-state index contributed by atoms with van der Waals surface area (Å²) >= 11 is 0. The number of hydrogen-bond donors (Lipinski definition) is 1. The molecule has 2 aromatic heterocycles. The minimum absolute atomic E-state index is 0.450. The zero-order valence-corrected chi connectivity index (χ0v) is 19.3. The number of fused-ring (bicyclic) bond motifs is 6. The lowest BCUT2D eigenvalue weighted by molar-refractivity contribution is 0.606. The second-order valence-corrected chi connectivity index (χ2v) is 9.15. The van der Waals surface area contributed by atoms with Gasteiger partial charge in [-0.3, -0.25) is 10.1 Å². The van der Waals surface area contributed by atoms with Crippen LogP contribution in [0.3, 0.4) is 0 Å². The average molecular weight is 442 g/mol. The van der Waals surface area contributed by atoms with Crippen LogP contribution in [0.5, 0.6) is 0 Å². The van der Waals surface area contributed by atoms with Crippen LogP contribution >= 0.6 is 0 Å². The second-order valence-electron chi connectivity index (χ2n) is 9.15. The largest absolute Gasteiger partial charge is 0.282 e. The molecule has 0 saturated carbocycles. The normalized spacial score (nSPS) is 15.1. The molecule has 1 aliphatic carbocycles. The Morgan fingerprint density at radius 1 is 0.765 bits per heavy atom. The summed E-state index contributed by atoms with van der Waals surface area (Å²) in [5.41, 5.74) is 5.34. The number of hydrogen-bond acceptors (Lipinski definition) is 2. The van der Waals surface area contributed by atoms with Crippen molar-refractivity contribution in [2.75, 3.05) is 0 Å². The van der Waals surface area contributed by atoms with E-state index in [-0.39, 0.29) is 0 Å². The Hall–Kier alpha value is -3.98. The van der Waals surface area contributed by atoms with Crippen LogP contribution in [0.4, 0.5) is 0 Å². The Kier molecular flexibility index (Phi) is 5.31. The molecular formula is C31H27N3. The van der Waals surface area contributed by atoms with Crippen molar-refractivity contribution >= 4 is 32.3 Å². The lowest BCUT2D eigenvalue weighted by Crippen LogP contribution is -2.12. The summed E-state index contributed by atoms with van der Waals surface area (Å²) < 4.78 is 0. The first-order valence-electron chi connectivity index (χ1n) is 12.0. The summed E-state index contributed by atoms with van der Waals surface area (Å²) in [6, 6.07) is 30.3. The molecule has 0 aliphatic heterocycles. The molecule has 166 valence electrons. The van der Waals surface area contributed by atoms with Crippen LogP contribution in [0, 0.1) is 6.92 Å².